The molecule has 3 nitrogen and oxygen atoms in total. The molecule has 46 heavy (non-hydrogen) atoms. The Morgan fingerprint density at radius 3 is 1.00 bits per heavy atom. The highest BCUT2D eigenvalue weighted by molar-refractivity contribution is 7.86. The van der Waals surface area contributed by atoms with E-state index in [1.165, 1.54) is 22.3 Å². The van der Waals surface area contributed by atoms with Crippen LogP contribution < -0.4 is 9.80 Å². The van der Waals surface area contributed by atoms with E-state index in [1.807, 2.05) is 0 Å². The van der Waals surface area contributed by atoms with E-state index in [9.17, 15) is 0 Å². The molecule has 0 bridgehead atoms. The van der Waals surface area contributed by atoms with E-state index >= 15 is 4.21 Å². The predicted molar refractivity (Wildman–Crippen MR) is 190 cm³/mol. The summed E-state index contributed by atoms with van der Waals surface area (Å²) in [6.07, 6.45) is 0. The van der Waals surface area contributed by atoms with Crippen LogP contribution in [-0.4, -0.2) is 4.21 Å². The van der Waals surface area contributed by atoms with Crippen LogP contribution in [0.25, 0.3) is 11.1 Å². The Hall–Kier alpha value is -4.93. The van der Waals surface area contributed by atoms with E-state index in [4.69, 9.17) is 0 Å². The predicted octanol–water partition coefficient (Wildman–Crippen LogP) is 11.1. The van der Waals surface area contributed by atoms with Gasteiger partial charge in [-0.1, -0.05) is 125 Å². The number of para-hydroxylation sites is 4. The van der Waals surface area contributed by atoms with Crippen LogP contribution >= 0.6 is 0 Å². The molecule has 9 rings (SSSR count). The lowest BCUT2D eigenvalue weighted by Crippen LogP contribution is -2.31. The van der Waals surface area contributed by atoms with Gasteiger partial charge in [0.05, 0.1) is 54.7 Å². The second-order valence-corrected chi connectivity index (χ2v) is 14.9. The standard InChI is InChI=1S/C42H34N2OS/c1-41(2)29-17-5-9-21-33(29)43(34-22-10-6-18-30(34)41)37-25-13-15-27-28-16-14-26-38(40(28)46(45)39(27)37)44-35-23-11-7-19-31(35)42(3,4)32-20-8-12-24-36(32)44/h5-26H,1-4H3. The van der Waals surface area contributed by atoms with Gasteiger partial charge in [-0.25, -0.2) is 4.21 Å². The first-order valence-electron chi connectivity index (χ1n) is 16.0. The second-order valence-electron chi connectivity index (χ2n) is 13.6. The Kier molecular flexibility index (Phi) is 5.68. The Labute approximate surface area is 273 Å². The first kappa shape index (κ1) is 27.4. The Morgan fingerprint density at radius 2 is 0.674 bits per heavy atom. The Balaban J connectivity index is 1.27. The zero-order chi connectivity index (χ0) is 31.4. The van der Waals surface area contributed by atoms with E-state index in [2.05, 4.69) is 171 Å². The van der Waals surface area contributed by atoms with E-state index in [0.29, 0.717) is 0 Å². The van der Waals surface area contributed by atoms with E-state index in [-0.39, 0.29) is 10.8 Å². The molecular formula is C42H34N2OS. The minimum atomic E-state index is -1.43. The average Bonchev–Trinajstić information content (AvgIpc) is 3.38. The van der Waals surface area contributed by atoms with Crippen molar-refractivity contribution < 1.29 is 4.21 Å². The summed E-state index contributed by atoms with van der Waals surface area (Å²) >= 11 is 0. The zero-order valence-electron chi connectivity index (χ0n) is 26.4. The summed E-state index contributed by atoms with van der Waals surface area (Å²) in [5, 5.41) is 0. The molecule has 0 amide bonds. The number of rotatable bonds is 2. The van der Waals surface area contributed by atoms with E-state index in [1.54, 1.807) is 0 Å². The molecule has 0 N–H and O–H groups in total. The van der Waals surface area contributed by atoms with Crippen LogP contribution in [0.15, 0.2) is 143 Å². The Bertz CT molecular complexity index is 2010. The molecule has 224 valence electrons. The maximum atomic E-state index is 15.2. The van der Waals surface area contributed by atoms with Crippen molar-refractivity contribution in [3.8, 4) is 11.1 Å². The molecular weight excluding hydrogens is 581 g/mol. The first-order valence-corrected chi connectivity index (χ1v) is 17.1. The number of fused-ring (bicyclic) bond motifs is 7. The third-order valence-electron chi connectivity index (χ3n) is 10.4. The van der Waals surface area contributed by atoms with E-state index in [0.717, 1.165) is 55.0 Å². The number of hydrogen-bond acceptors (Lipinski definition) is 3. The summed E-state index contributed by atoms with van der Waals surface area (Å²) in [6.45, 7) is 9.20. The van der Waals surface area contributed by atoms with Gasteiger partial charge in [0.15, 0.2) is 0 Å². The number of hydrogen-bond donors (Lipinski definition) is 0. The lowest BCUT2D eigenvalue weighted by Gasteiger charge is -2.42. The fourth-order valence-corrected chi connectivity index (χ4v) is 9.83. The van der Waals surface area contributed by atoms with Crippen molar-refractivity contribution in [3.05, 3.63) is 156 Å². The first-order chi connectivity index (χ1) is 22.3. The van der Waals surface area contributed by atoms with Crippen molar-refractivity contribution in [2.45, 2.75) is 48.3 Å². The van der Waals surface area contributed by atoms with Crippen LogP contribution in [-0.2, 0) is 21.6 Å². The van der Waals surface area contributed by atoms with Crippen LogP contribution in [0.2, 0.25) is 0 Å². The topological polar surface area (TPSA) is 23.6 Å². The highest BCUT2D eigenvalue weighted by Crippen LogP contribution is 2.58. The minimum absolute atomic E-state index is 0.167. The molecule has 0 saturated heterocycles. The maximum Gasteiger partial charge on any atom is 0.0905 e. The van der Waals surface area contributed by atoms with Crippen molar-refractivity contribution in [2.75, 3.05) is 9.80 Å². The molecule has 0 atom stereocenters. The van der Waals surface area contributed by atoms with Crippen LogP contribution in [0.4, 0.5) is 34.1 Å². The zero-order valence-corrected chi connectivity index (χ0v) is 27.2. The van der Waals surface area contributed by atoms with Gasteiger partial charge < -0.3 is 9.80 Å². The van der Waals surface area contributed by atoms with Gasteiger partial charge in [0.2, 0.25) is 0 Å². The van der Waals surface area contributed by atoms with Gasteiger partial charge in [-0.2, -0.15) is 0 Å². The average molecular weight is 615 g/mol. The molecule has 0 radical (unpaired) electrons. The van der Waals surface area contributed by atoms with Crippen molar-refractivity contribution in [2.24, 2.45) is 0 Å². The molecule has 0 unspecified atom stereocenters. The largest absolute Gasteiger partial charge is 0.309 e. The fourth-order valence-electron chi connectivity index (χ4n) is 8.18. The number of benzene rings is 6. The second kappa shape index (κ2) is 9.54. The van der Waals surface area contributed by atoms with Crippen LogP contribution in [0.3, 0.4) is 0 Å². The summed E-state index contributed by atoms with van der Waals surface area (Å²) in [5.74, 6) is 0. The molecule has 0 aliphatic carbocycles. The summed E-state index contributed by atoms with van der Waals surface area (Å²) < 4.78 is 15.2. The van der Waals surface area contributed by atoms with Gasteiger partial charge in [0, 0.05) is 22.0 Å². The molecule has 3 heterocycles. The van der Waals surface area contributed by atoms with Gasteiger partial charge in [-0.05, 0) is 58.7 Å². The molecule has 3 aliphatic heterocycles. The van der Waals surface area contributed by atoms with Crippen LogP contribution in [0, 0.1) is 0 Å². The van der Waals surface area contributed by atoms with Gasteiger partial charge in [-0.3, -0.25) is 0 Å². The normalized spacial score (nSPS) is 16.5. The molecule has 3 aliphatic rings. The highest BCUT2D eigenvalue weighted by Gasteiger charge is 2.42. The lowest BCUT2D eigenvalue weighted by atomic mass is 9.73. The number of nitrogens with zero attached hydrogens (tertiary/aromatic N) is 2. The molecule has 0 spiro atoms. The van der Waals surface area contributed by atoms with Gasteiger partial charge in [0.25, 0.3) is 0 Å². The van der Waals surface area contributed by atoms with Crippen LogP contribution in [0.1, 0.15) is 49.9 Å². The van der Waals surface area contributed by atoms with Crippen molar-refractivity contribution in [1.29, 1.82) is 0 Å². The lowest BCUT2D eigenvalue weighted by molar-refractivity contribution is 0.631. The SMILES string of the molecule is CC1(C)c2ccccc2N(c2cccc3c2S(=O)c2c-3cccc2N2c3ccccc3C(C)(C)c3ccccc32)c2ccccc21. The maximum absolute atomic E-state index is 15.2. The molecule has 6 aromatic rings. The quantitative estimate of drug-likeness (QED) is 0.194. The smallest absolute Gasteiger partial charge is 0.0905 e. The molecule has 0 saturated carbocycles. The summed E-state index contributed by atoms with van der Waals surface area (Å²) in [6, 6.07) is 47.5. The van der Waals surface area contributed by atoms with Gasteiger partial charge in [0.1, 0.15) is 0 Å². The third kappa shape index (κ3) is 3.51. The van der Waals surface area contributed by atoms with Crippen molar-refractivity contribution >= 4 is 44.9 Å². The summed E-state index contributed by atoms with van der Waals surface area (Å²) in [5.41, 5.74) is 13.2. The minimum Gasteiger partial charge on any atom is -0.309 e. The molecule has 6 aromatic carbocycles. The van der Waals surface area contributed by atoms with Gasteiger partial charge >= 0.3 is 0 Å². The third-order valence-corrected chi connectivity index (χ3v) is 12.0. The molecule has 0 fully saturated rings. The molecule has 0 aromatic heterocycles. The van der Waals surface area contributed by atoms with Crippen molar-refractivity contribution in [3.63, 3.8) is 0 Å². The summed E-state index contributed by atoms with van der Waals surface area (Å²) in [7, 11) is -1.43. The highest BCUT2D eigenvalue weighted by atomic mass is 32.2. The van der Waals surface area contributed by atoms with Crippen molar-refractivity contribution in [1.82, 2.24) is 0 Å². The van der Waals surface area contributed by atoms with Gasteiger partial charge in [-0.15, -0.1) is 0 Å². The number of anilines is 6. The monoisotopic (exact) mass is 614 g/mol. The van der Waals surface area contributed by atoms with E-state index < -0.39 is 10.8 Å². The summed E-state index contributed by atoms with van der Waals surface area (Å²) in [4.78, 5) is 6.42. The fraction of sp³-hybridized carbons (Fsp3) is 0.143. The molecule has 4 heteroatoms. The van der Waals surface area contributed by atoms with Crippen LogP contribution in [0.5, 0.6) is 0 Å². The Morgan fingerprint density at radius 1 is 0.391 bits per heavy atom.